The van der Waals surface area contributed by atoms with Crippen molar-refractivity contribution in [3.05, 3.63) is 92.2 Å². The van der Waals surface area contributed by atoms with E-state index in [0.29, 0.717) is 22.4 Å². The first-order chi connectivity index (χ1) is 14.9. The highest BCUT2D eigenvalue weighted by molar-refractivity contribution is 5.60. The van der Waals surface area contributed by atoms with Crippen LogP contribution in [-0.2, 0) is 6.61 Å². The lowest BCUT2D eigenvalue weighted by molar-refractivity contribution is -0.384. The number of aromatic nitrogens is 2. The molecule has 0 unspecified atom stereocenters. The molecule has 1 aromatic heterocycles. The summed E-state index contributed by atoms with van der Waals surface area (Å²) in [6.07, 6.45) is 0. The summed E-state index contributed by atoms with van der Waals surface area (Å²) in [5.41, 5.74) is 7.90. The molecule has 0 saturated heterocycles. The number of nitrogens with one attached hydrogen (secondary N) is 1. The second kappa shape index (κ2) is 7.79. The Morgan fingerprint density at radius 2 is 2.19 bits per heavy atom. The summed E-state index contributed by atoms with van der Waals surface area (Å²) in [5.74, 6) is -0.880. The summed E-state index contributed by atoms with van der Waals surface area (Å²) in [5, 5.41) is 28.0. The molecule has 0 bridgehead atoms. The van der Waals surface area contributed by atoms with Crippen LogP contribution in [0.15, 0.2) is 53.9 Å². The van der Waals surface area contributed by atoms with Crippen LogP contribution in [0.3, 0.4) is 0 Å². The highest BCUT2D eigenvalue weighted by Crippen LogP contribution is 2.46. The predicted molar refractivity (Wildman–Crippen MR) is 106 cm³/mol. The number of nitro groups is 1. The number of nitrogens with zero attached hydrogens (tertiary/aromatic N) is 3. The molecule has 0 aliphatic carbocycles. The maximum atomic E-state index is 13.5. The Hall–Kier alpha value is -4.39. The van der Waals surface area contributed by atoms with E-state index in [2.05, 4.69) is 10.2 Å². The number of fused-ring (bicyclic) bond motifs is 1. The van der Waals surface area contributed by atoms with Crippen molar-refractivity contribution < 1.29 is 18.8 Å². The minimum atomic E-state index is -0.796. The van der Waals surface area contributed by atoms with Crippen molar-refractivity contribution >= 4 is 5.69 Å². The molecule has 3 N–H and O–H groups in total. The van der Waals surface area contributed by atoms with E-state index >= 15 is 0 Å². The largest absolute Gasteiger partial charge is 0.489 e. The molecule has 156 valence electrons. The molecule has 0 spiro atoms. The highest BCUT2D eigenvalue weighted by Gasteiger charge is 2.36. The van der Waals surface area contributed by atoms with Gasteiger partial charge in [-0.2, -0.15) is 5.26 Å². The number of hydrogen-bond acceptors (Lipinski definition) is 7. The standard InChI is InChI=1S/C21H16FN5O4/c1-11-18-19(16(9-23)20(24)31-21(18)26-25-11)15-8-14(27(28)29)5-6-17(15)30-10-12-3-2-4-13(22)7-12/h2-8,19H,10,24H2,1H3,(H,25,26)/t19-/m1/s1. The van der Waals surface area contributed by atoms with Gasteiger partial charge in [0.15, 0.2) is 0 Å². The molecule has 1 aliphatic rings. The summed E-state index contributed by atoms with van der Waals surface area (Å²) >= 11 is 0. The number of nitriles is 1. The zero-order valence-electron chi connectivity index (χ0n) is 16.3. The van der Waals surface area contributed by atoms with Gasteiger partial charge in [-0.15, -0.1) is 5.10 Å². The van der Waals surface area contributed by atoms with Crippen molar-refractivity contribution in [2.75, 3.05) is 0 Å². The lowest BCUT2D eigenvalue weighted by atomic mass is 9.83. The van der Waals surface area contributed by atoms with Crippen LogP contribution in [-0.4, -0.2) is 15.1 Å². The maximum Gasteiger partial charge on any atom is 0.270 e. The van der Waals surface area contributed by atoms with Crippen molar-refractivity contribution in [1.29, 1.82) is 5.26 Å². The van der Waals surface area contributed by atoms with E-state index in [9.17, 15) is 19.8 Å². The molecular weight excluding hydrogens is 405 g/mol. The number of nitrogens with two attached hydrogens (primary N) is 1. The van der Waals surface area contributed by atoms with Crippen LogP contribution in [0.2, 0.25) is 0 Å². The number of aromatic amines is 1. The Morgan fingerprint density at radius 3 is 2.90 bits per heavy atom. The molecule has 0 saturated carbocycles. The smallest absolute Gasteiger partial charge is 0.270 e. The fourth-order valence-electron chi connectivity index (χ4n) is 3.50. The van der Waals surface area contributed by atoms with Crippen LogP contribution in [0.4, 0.5) is 10.1 Å². The molecule has 2 aromatic carbocycles. The number of halogens is 1. The summed E-state index contributed by atoms with van der Waals surface area (Å²) < 4.78 is 24.8. The Morgan fingerprint density at radius 1 is 1.39 bits per heavy atom. The lowest BCUT2D eigenvalue weighted by Gasteiger charge is -2.25. The van der Waals surface area contributed by atoms with Crippen LogP contribution in [0.25, 0.3) is 0 Å². The fourth-order valence-corrected chi connectivity index (χ4v) is 3.50. The van der Waals surface area contributed by atoms with Gasteiger partial charge in [0, 0.05) is 29.0 Å². The van der Waals surface area contributed by atoms with Crippen LogP contribution in [0, 0.1) is 34.2 Å². The summed E-state index contributed by atoms with van der Waals surface area (Å²) in [6.45, 7) is 1.76. The zero-order valence-corrected chi connectivity index (χ0v) is 16.3. The monoisotopic (exact) mass is 421 g/mol. The third kappa shape index (κ3) is 3.64. The second-order valence-corrected chi connectivity index (χ2v) is 6.89. The minimum Gasteiger partial charge on any atom is -0.489 e. The van der Waals surface area contributed by atoms with Gasteiger partial charge in [0.2, 0.25) is 11.8 Å². The van der Waals surface area contributed by atoms with Gasteiger partial charge in [-0.25, -0.2) is 4.39 Å². The molecule has 0 radical (unpaired) electrons. The van der Waals surface area contributed by atoms with E-state index in [0.717, 1.165) is 0 Å². The number of benzene rings is 2. The van der Waals surface area contributed by atoms with Crippen LogP contribution < -0.4 is 15.2 Å². The SMILES string of the molecule is Cc1[nH]nc2c1[C@H](c1cc([N+](=O)[O-])ccc1OCc1cccc(F)c1)C(C#N)=C(N)O2. The van der Waals surface area contributed by atoms with E-state index in [1.165, 1.54) is 30.3 Å². The van der Waals surface area contributed by atoms with E-state index < -0.39 is 16.7 Å². The second-order valence-electron chi connectivity index (χ2n) is 6.89. The average molecular weight is 421 g/mol. The van der Waals surface area contributed by atoms with Crippen LogP contribution in [0.1, 0.15) is 28.3 Å². The van der Waals surface area contributed by atoms with Crippen molar-refractivity contribution in [2.24, 2.45) is 5.73 Å². The zero-order chi connectivity index (χ0) is 22.1. The van der Waals surface area contributed by atoms with Gasteiger partial charge in [-0.1, -0.05) is 12.1 Å². The Bertz CT molecular complexity index is 1260. The molecule has 0 amide bonds. The fraction of sp³-hybridized carbons (Fsp3) is 0.143. The molecule has 31 heavy (non-hydrogen) atoms. The van der Waals surface area contributed by atoms with Crippen molar-refractivity contribution in [1.82, 2.24) is 10.2 Å². The first kappa shape index (κ1) is 19.9. The molecule has 9 nitrogen and oxygen atoms in total. The molecule has 1 atom stereocenters. The summed E-state index contributed by atoms with van der Waals surface area (Å²) in [7, 11) is 0. The van der Waals surface area contributed by atoms with Crippen molar-refractivity contribution in [3.8, 4) is 17.7 Å². The number of hydrogen-bond donors (Lipinski definition) is 2. The van der Waals surface area contributed by atoms with E-state index in [4.69, 9.17) is 15.2 Å². The van der Waals surface area contributed by atoms with Gasteiger partial charge in [0.25, 0.3) is 5.69 Å². The number of H-pyrrole nitrogens is 1. The minimum absolute atomic E-state index is 0.0180. The maximum absolute atomic E-state index is 13.5. The third-order valence-corrected chi connectivity index (χ3v) is 4.93. The normalized spacial score (nSPS) is 15.1. The lowest BCUT2D eigenvalue weighted by Crippen LogP contribution is -2.21. The van der Waals surface area contributed by atoms with Gasteiger partial charge >= 0.3 is 0 Å². The number of non-ortho nitro benzene ring substituents is 1. The first-order valence-corrected chi connectivity index (χ1v) is 9.17. The molecule has 0 fully saturated rings. The number of allylic oxidation sites excluding steroid dienone is 1. The first-order valence-electron chi connectivity index (χ1n) is 9.17. The topological polar surface area (TPSA) is 140 Å². The molecule has 10 heteroatoms. The van der Waals surface area contributed by atoms with Crippen molar-refractivity contribution in [2.45, 2.75) is 19.4 Å². The van der Waals surface area contributed by atoms with Gasteiger partial charge < -0.3 is 15.2 Å². The Kier molecular flexibility index (Phi) is 5.00. The quantitative estimate of drug-likeness (QED) is 0.474. The average Bonchev–Trinajstić information content (AvgIpc) is 3.11. The van der Waals surface area contributed by atoms with Gasteiger partial charge in [-0.05, 0) is 30.7 Å². The van der Waals surface area contributed by atoms with Crippen LogP contribution >= 0.6 is 0 Å². The predicted octanol–water partition coefficient (Wildman–Crippen LogP) is 3.56. The summed E-state index contributed by atoms with van der Waals surface area (Å²) in [4.78, 5) is 10.9. The van der Waals surface area contributed by atoms with Gasteiger partial charge in [0.05, 0.1) is 10.8 Å². The molecule has 1 aliphatic heterocycles. The number of aryl methyl sites for hydroxylation is 1. The van der Waals surface area contributed by atoms with E-state index in [1.807, 2.05) is 6.07 Å². The molecule has 3 aromatic rings. The summed E-state index contributed by atoms with van der Waals surface area (Å²) in [6, 6.07) is 12.0. The van der Waals surface area contributed by atoms with Crippen LogP contribution in [0.5, 0.6) is 11.6 Å². The Balaban J connectivity index is 1.84. The van der Waals surface area contributed by atoms with Gasteiger partial charge in [-0.3, -0.25) is 15.2 Å². The van der Waals surface area contributed by atoms with E-state index in [1.54, 1.807) is 19.1 Å². The van der Waals surface area contributed by atoms with Crippen molar-refractivity contribution in [3.63, 3.8) is 0 Å². The number of ether oxygens (including phenoxy) is 2. The van der Waals surface area contributed by atoms with Gasteiger partial charge in [0.1, 0.15) is 29.8 Å². The molecular formula is C21H16FN5O4. The third-order valence-electron chi connectivity index (χ3n) is 4.93. The Labute approximate surface area is 175 Å². The van der Waals surface area contributed by atoms with E-state index in [-0.39, 0.29) is 35.4 Å². The molecule has 2 heterocycles. The number of rotatable bonds is 5. The number of nitro benzene ring substituents is 1. The highest BCUT2D eigenvalue weighted by atomic mass is 19.1. The molecule has 4 rings (SSSR count).